The first-order chi connectivity index (χ1) is 10.8. The van der Waals surface area contributed by atoms with Crippen LogP contribution in [0.25, 0.3) is 0 Å². The highest BCUT2D eigenvalue weighted by atomic mass is 16.5. The Balaban J connectivity index is 1.65. The molecule has 2 bridgehead atoms. The molecule has 7 nitrogen and oxygen atoms in total. The monoisotopic (exact) mass is 302 g/mol. The number of aromatic nitrogens is 3. The van der Waals surface area contributed by atoms with E-state index in [1.165, 1.54) is 6.26 Å². The van der Waals surface area contributed by atoms with Crippen LogP contribution in [0, 0.1) is 0 Å². The molecule has 0 radical (unpaired) electrons. The molecule has 1 amide bonds. The van der Waals surface area contributed by atoms with Crippen molar-refractivity contribution in [2.24, 2.45) is 0 Å². The maximum absolute atomic E-state index is 12.8. The molecule has 2 aromatic rings. The summed E-state index contributed by atoms with van der Waals surface area (Å²) >= 11 is 0. The molecule has 0 aliphatic carbocycles. The van der Waals surface area contributed by atoms with Crippen LogP contribution in [0.5, 0.6) is 0 Å². The fourth-order valence-electron chi connectivity index (χ4n) is 3.60. The lowest BCUT2D eigenvalue weighted by Crippen LogP contribution is -2.42. The van der Waals surface area contributed by atoms with Gasteiger partial charge in [0.15, 0.2) is 5.82 Å². The van der Waals surface area contributed by atoms with Crippen molar-refractivity contribution in [3.05, 3.63) is 35.8 Å². The van der Waals surface area contributed by atoms with E-state index in [0.29, 0.717) is 12.2 Å². The van der Waals surface area contributed by atoms with E-state index in [2.05, 4.69) is 14.8 Å². The third-order valence-electron chi connectivity index (χ3n) is 4.61. The second-order valence-electron chi connectivity index (χ2n) is 5.89. The topological polar surface area (TPSA) is 73.4 Å². The molecule has 0 spiro atoms. The minimum absolute atomic E-state index is 0.0493. The van der Waals surface area contributed by atoms with Crippen molar-refractivity contribution in [2.45, 2.75) is 44.5 Å². The number of ether oxygens (including phenoxy) is 1. The minimum atomic E-state index is 0.0493. The van der Waals surface area contributed by atoms with E-state index in [9.17, 15) is 4.79 Å². The van der Waals surface area contributed by atoms with E-state index in [1.807, 2.05) is 4.90 Å². The Labute approximate surface area is 127 Å². The molecule has 4 heterocycles. The number of carbonyl (C=O) groups is 1. The summed E-state index contributed by atoms with van der Waals surface area (Å²) < 4.78 is 12.4. The average molecular weight is 302 g/mol. The summed E-state index contributed by atoms with van der Waals surface area (Å²) in [6, 6.07) is 2.09. The van der Waals surface area contributed by atoms with Gasteiger partial charge in [0.1, 0.15) is 18.7 Å². The number of methoxy groups -OCH3 is 1. The normalized spacial score (nSPS) is 23.4. The van der Waals surface area contributed by atoms with Crippen LogP contribution in [-0.4, -0.2) is 44.8 Å². The van der Waals surface area contributed by atoms with Gasteiger partial charge in [-0.15, -0.1) is 10.2 Å². The standard InChI is InChI=1S/C15H18N4O3/c1-21-9-14-17-16-13-6-11-2-3-12(7-18(13)14)19(11)15(20)10-4-5-22-8-10/h4-5,8,11-12H,2-3,6-7,9H2,1H3. The summed E-state index contributed by atoms with van der Waals surface area (Å²) in [5.41, 5.74) is 0.617. The number of amides is 1. The van der Waals surface area contributed by atoms with Gasteiger partial charge in [0.2, 0.25) is 0 Å². The van der Waals surface area contributed by atoms with Crippen molar-refractivity contribution in [3.8, 4) is 0 Å². The lowest BCUT2D eigenvalue weighted by Gasteiger charge is -2.27. The van der Waals surface area contributed by atoms with E-state index in [4.69, 9.17) is 9.15 Å². The van der Waals surface area contributed by atoms with Crippen LogP contribution in [0.3, 0.4) is 0 Å². The largest absolute Gasteiger partial charge is 0.472 e. The third-order valence-corrected chi connectivity index (χ3v) is 4.61. The number of hydrogen-bond donors (Lipinski definition) is 0. The second-order valence-corrected chi connectivity index (χ2v) is 5.89. The average Bonchev–Trinajstić information content (AvgIpc) is 3.20. The number of nitrogens with zero attached hydrogens (tertiary/aromatic N) is 4. The zero-order valence-electron chi connectivity index (χ0n) is 12.4. The van der Waals surface area contributed by atoms with Crippen LogP contribution in [0.1, 0.15) is 34.8 Å². The van der Waals surface area contributed by atoms with Gasteiger partial charge in [0.25, 0.3) is 5.91 Å². The van der Waals surface area contributed by atoms with Crippen molar-refractivity contribution in [1.29, 1.82) is 0 Å². The summed E-state index contributed by atoms with van der Waals surface area (Å²) in [6.45, 7) is 1.18. The number of furan rings is 1. The molecule has 2 atom stereocenters. The Morgan fingerprint density at radius 3 is 3.05 bits per heavy atom. The minimum Gasteiger partial charge on any atom is -0.472 e. The van der Waals surface area contributed by atoms with E-state index < -0.39 is 0 Å². The van der Waals surface area contributed by atoms with E-state index >= 15 is 0 Å². The van der Waals surface area contributed by atoms with Gasteiger partial charge in [-0.1, -0.05) is 0 Å². The highest BCUT2D eigenvalue weighted by molar-refractivity contribution is 5.94. The van der Waals surface area contributed by atoms with Crippen LogP contribution in [0.2, 0.25) is 0 Å². The lowest BCUT2D eigenvalue weighted by molar-refractivity contribution is 0.0663. The zero-order valence-corrected chi connectivity index (χ0v) is 12.4. The van der Waals surface area contributed by atoms with Crippen molar-refractivity contribution < 1.29 is 13.9 Å². The molecule has 1 fully saturated rings. The van der Waals surface area contributed by atoms with Gasteiger partial charge in [-0.3, -0.25) is 4.79 Å². The molecule has 2 aromatic heterocycles. The first kappa shape index (κ1) is 13.5. The molecule has 7 heteroatoms. The third kappa shape index (κ3) is 2.04. The molecule has 2 unspecified atom stereocenters. The summed E-state index contributed by atoms with van der Waals surface area (Å²) in [7, 11) is 1.65. The molecule has 0 aromatic carbocycles. The van der Waals surface area contributed by atoms with Gasteiger partial charge < -0.3 is 18.6 Å². The number of hydrogen-bond acceptors (Lipinski definition) is 5. The van der Waals surface area contributed by atoms with Crippen LogP contribution in [-0.2, 0) is 24.3 Å². The second kappa shape index (κ2) is 5.24. The molecule has 0 N–H and O–H groups in total. The zero-order chi connectivity index (χ0) is 15.1. The Morgan fingerprint density at radius 1 is 1.41 bits per heavy atom. The number of fused-ring (bicyclic) bond motifs is 3. The summed E-state index contributed by atoms with van der Waals surface area (Å²) in [6.07, 6.45) is 5.83. The molecule has 4 rings (SSSR count). The fraction of sp³-hybridized carbons (Fsp3) is 0.533. The highest BCUT2D eigenvalue weighted by Gasteiger charge is 2.41. The van der Waals surface area contributed by atoms with Crippen LogP contribution >= 0.6 is 0 Å². The molecular formula is C15H18N4O3. The first-order valence-electron chi connectivity index (χ1n) is 7.52. The van der Waals surface area contributed by atoms with Gasteiger partial charge in [0.05, 0.1) is 17.9 Å². The fourth-order valence-corrected chi connectivity index (χ4v) is 3.60. The summed E-state index contributed by atoms with van der Waals surface area (Å²) in [4.78, 5) is 14.8. The predicted octanol–water partition coefficient (Wildman–Crippen LogP) is 1.25. The smallest absolute Gasteiger partial charge is 0.257 e. The first-order valence-corrected chi connectivity index (χ1v) is 7.52. The Bertz CT molecular complexity index is 679. The Kier molecular flexibility index (Phi) is 3.22. The van der Waals surface area contributed by atoms with Gasteiger partial charge in [-0.05, 0) is 18.9 Å². The Hall–Kier alpha value is -2.15. The van der Waals surface area contributed by atoms with Crippen molar-refractivity contribution in [3.63, 3.8) is 0 Å². The molecular weight excluding hydrogens is 284 g/mol. The lowest BCUT2D eigenvalue weighted by atomic mass is 10.1. The molecule has 1 saturated heterocycles. The number of carbonyl (C=O) groups excluding carboxylic acids is 1. The van der Waals surface area contributed by atoms with Crippen molar-refractivity contribution in [1.82, 2.24) is 19.7 Å². The predicted molar refractivity (Wildman–Crippen MR) is 76.1 cm³/mol. The van der Waals surface area contributed by atoms with Crippen molar-refractivity contribution >= 4 is 5.91 Å². The molecule has 2 aliphatic rings. The molecule has 2 aliphatic heterocycles. The van der Waals surface area contributed by atoms with Gasteiger partial charge in [0, 0.05) is 26.1 Å². The van der Waals surface area contributed by atoms with E-state index in [0.717, 1.165) is 37.5 Å². The van der Waals surface area contributed by atoms with E-state index in [-0.39, 0.29) is 18.0 Å². The van der Waals surface area contributed by atoms with E-state index in [1.54, 1.807) is 19.4 Å². The van der Waals surface area contributed by atoms with Gasteiger partial charge >= 0.3 is 0 Å². The molecule has 22 heavy (non-hydrogen) atoms. The Morgan fingerprint density at radius 2 is 2.27 bits per heavy atom. The van der Waals surface area contributed by atoms with Crippen LogP contribution < -0.4 is 0 Å². The summed E-state index contributed by atoms with van der Waals surface area (Å²) in [5.74, 6) is 1.83. The maximum Gasteiger partial charge on any atom is 0.257 e. The SMILES string of the molecule is COCc1nnc2n1CC1CCC(C2)N1C(=O)c1ccoc1. The van der Waals surface area contributed by atoms with Crippen molar-refractivity contribution in [2.75, 3.05) is 7.11 Å². The quantitative estimate of drug-likeness (QED) is 0.853. The molecule has 116 valence electrons. The number of rotatable bonds is 3. The maximum atomic E-state index is 12.8. The van der Waals surface area contributed by atoms with Gasteiger partial charge in [-0.25, -0.2) is 0 Å². The van der Waals surface area contributed by atoms with Gasteiger partial charge in [-0.2, -0.15) is 0 Å². The summed E-state index contributed by atoms with van der Waals surface area (Å²) in [5, 5.41) is 8.50. The van der Waals surface area contributed by atoms with Crippen LogP contribution in [0.15, 0.2) is 23.0 Å². The van der Waals surface area contributed by atoms with Crippen LogP contribution in [0.4, 0.5) is 0 Å². The molecule has 0 saturated carbocycles. The highest BCUT2D eigenvalue weighted by Crippen LogP contribution is 2.32.